The third kappa shape index (κ3) is 3.31. The summed E-state index contributed by atoms with van der Waals surface area (Å²) in [5.41, 5.74) is 6.25. The van der Waals surface area contributed by atoms with Gasteiger partial charge in [-0.05, 0) is 31.0 Å². The van der Waals surface area contributed by atoms with Gasteiger partial charge in [-0.15, -0.1) is 11.8 Å². The minimum atomic E-state index is -0.881. The fourth-order valence-corrected chi connectivity index (χ4v) is 3.15. The van der Waals surface area contributed by atoms with Gasteiger partial charge in [0.25, 0.3) is 0 Å². The predicted octanol–water partition coefficient (Wildman–Crippen LogP) is 2.65. The van der Waals surface area contributed by atoms with Crippen molar-refractivity contribution in [2.45, 2.75) is 29.9 Å². The van der Waals surface area contributed by atoms with Crippen molar-refractivity contribution in [3.8, 4) is 0 Å². The Kier molecular flexibility index (Phi) is 4.37. The highest BCUT2D eigenvalue weighted by atomic mass is 35.5. The third-order valence-electron chi connectivity index (χ3n) is 2.76. The molecule has 6 heteroatoms. The minimum absolute atomic E-state index is 0.0234. The maximum atomic E-state index is 10.7. The van der Waals surface area contributed by atoms with Crippen molar-refractivity contribution < 1.29 is 14.6 Å². The summed E-state index contributed by atoms with van der Waals surface area (Å²) in [6, 6.07) is 5.37. The quantitative estimate of drug-likeness (QED) is 0.658. The highest BCUT2D eigenvalue weighted by molar-refractivity contribution is 7.99. The van der Waals surface area contributed by atoms with Gasteiger partial charge >= 0.3 is 5.97 Å². The van der Waals surface area contributed by atoms with Gasteiger partial charge in [-0.2, -0.15) is 0 Å². The Morgan fingerprint density at radius 1 is 1.56 bits per heavy atom. The van der Waals surface area contributed by atoms with E-state index in [1.54, 1.807) is 23.9 Å². The van der Waals surface area contributed by atoms with Crippen LogP contribution < -0.4 is 5.73 Å². The van der Waals surface area contributed by atoms with Gasteiger partial charge in [0.2, 0.25) is 0 Å². The molecule has 1 aromatic carbocycles. The maximum absolute atomic E-state index is 10.7. The van der Waals surface area contributed by atoms with Gasteiger partial charge in [-0.25, -0.2) is 4.79 Å². The number of hydrogen-bond acceptors (Lipinski definition) is 4. The van der Waals surface area contributed by atoms with Crippen molar-refractivity contribution in [1.82, 2.24) is 0 Å². The molecule has 2 unspecified atom stereocenters. The van der Waals surface area contributed by atoms with Gasteiger partial charge in [0, 0.05) is 16.3 Å². The van der Waals surface area contributed by atoms with Gasteiger partial charge in [-0.1, -0.05) is 11.6 Å². The zero-order chi connectivity index (χ0) is 13.1. The molecule has 0 aromatic heterocycles. The lowest BCUT2D eigenvalue weighted by Gasteiger charge is -2.11. The van der Waals surface area contributed by atoms with Crippen LogP contribution in [-0.2, 0) is 9.53 Å². The standard InChI is InChI=1S/C12H14ClNO3S/c13-9-5-7(14)1-4-11(9)18-6-8-2-3-10(17-8)12(15)16/h1,4-5,8,10H,2-3,6,14H2,(H,15,16). The molecule has 1 heterocycles. The second-order valence-corrected chi connectivity index (χ2v) is 5.63. The third-order valence-corrected chi connectivity index (χ3v) is 4.39. The summed E-state index contributed by atoms with van der Waals surface area (Å²) in [6.45, 7) is 0. The lowest BCUT2D eigenvalue weighted by atomic mass is 10.2. The molecular formula is C12H14ClNO3S. The molecule has 1 fully saturated rings. The van der Waals surface area contributed by atoms with E-state index >= 15 is 0 Å². The number of benzene rings is 1. The highest BCUT2D eigenvalue weighted by Crippen LogP contribution is 2.32. The second-order valence-electron chi connectivity index (χ2n) is 4.16. The van der Waals surface area contributed by atoms with Crippen LogP contribution in [-0.4, -0.2) is 29.0 Å². The average molecular weight is 288 g/mol. The van der Waals surface area contributed by atoms with Crippen LogP contribution in [0, 0.1) is 0 Å². The Morgan fingerprint density at radius 2 is 2.33 bits per heavy atom. The molecule has 1 saturated heterocycles. The van der Waals surface area contributed by atoms with Crippen LogP contribution in [0.1, 0.15) is 12.8 Å². The molecule has 2 rings (SSSR count). The number of hydrogen-bond donors (Lipinski definition) is 2. The Morgan fingerprint density at radius 3 is 2.94 bits per heavy atom. The molecule has 0 bridgehead atoms. The van der Waals surface area contributed by atoms with Crippen molar-refractivity contribution in [3.05, 3.63) is 23.2 Å². The number of thioether (sulfide) groups is 1. The van der Waals surface area contributed by atoms with Crippen LogP contribution >= 0.6 is 23.4 Å². The summed E-state index contributed by atoms with van der Waals surface area (Å²) in [5.74, 6) is -0.180. The SMILES string of the molecule is Nc1ccc(SCC2CCC(C(=O)O)O2)c(Cl)c1. The van der Waals surface area contributed by atoms with Crippen LogP contribution in [0.25, 0.3) is 0 Å². The number of carboxylic acids is 1. The molecule has 0 spiro atoms. The number of halogens is 1. The van der Waals surface area contributed by atoms with Crippen LogP contribution in [0.4, 0.5) is 5.69 Å². The van der Waals surface area contributed by atoms with E-state index in [-0.39, 0.29) is 6.10 Å². The zero-order valence-electron chi connectivity index (χ0n) is 9.64. The normalized spacial score (nSPS) is 23.2. The number of nitrogen functional groups attached to an aromatic ring is 1. The molecule has 0 saturated carbocycles. The summed E-state index contributed by atoms with van der Waals surface area (Å²) in [6.07, 6.45) is 0.675. The molecule has 0 aliphatic carbocycles. The smallest absolute Gasteiger partial charge is 0.332 e. The molecule has 18 heavy (non-hydrogen) atoms. The van der Waals surface area contributed by atoms with Crippen molar-refractivity contribution in [2.24, 2.45) is 0 Å². The summed E-state index contributed by atoms with van der Waals surface area (Å²) in [7, 11) is 0. The molecule has 2 atom stereocenters. The largest absolute Gasteiger partial charge is 0.479 e. The van der Waals surface area contributed by atoms with Gasteiger partial charge in [0.05, 0.1) is 11.1 Å². The average Bonchev–Trinajstić information content (AvgIpc) is 2.76. The molecule has 1 aromatic rings. The van der Waals surface area contributed by atoms with Crippen molar-refractivity contribution in [2.75, 3.05) is 11.5 Å². The predicted molar refractivity (Wildman–Crippen MR) is 72.1 cm³/mol. The van der Waals surface area contributed by atoms with E-state index in [4.69, 9.17) is 27.2 Å². The molecular weight excluding hydrogens is 274 g/mol. The molecule has 1 aliphatic rings. The summed E-state index contributed by atoms with van der Waals surface area (Å²) < 4.78 is 5.42. The topological polar surface area (TPSA) is 72.6 Å². The minimum Gasteiger partial charge on any atom is -0.479 e. The molecule has 1 aliphatic heterocycles. The Labute approximate surface area is 114 Å². The molecule has 4 nitrogen and oxygen atoms in total. The molecule has 3 N–H and O–H groups in total. The monoisotopic (exact) mass is 287 g/mol. The van der Waals surface area contributed by atoms with E-state index in [2.05, 4.69) is 0 Å². The van der Waals surface area contributed by atoms with Crippen molar-refractivity contribution in [1.29, 1.82) is 0 Å². The van der Waals surface area contributed by atoms with Gasteiger partial charge in [-0.3, -0.25) is 0 Å². The van der Waals surface area contributed by atoms with E-state index in [0.29, 0.717) is 22.9 Å². The van der Waals surface area contributed by atoms with Crippen LogP contribution in [0.5, 0.6) is 0 Å². The van der Waals surface area contributed by atoms with E-state index in [0.717, 1.165) is 11.3 Å². The number of aliphatic carboxylic acids is 1. The Hall–Kier alpha value is -0.910. The molecule has 0 radical (unpaired) electrons. The zero-order valence-corrected chi connectivity index (χ0v) is 11.2. The van der Waals surface area contributed by atoms with Crippen molar-refractivity contribution in [3.63, 3.8) is 0 Å². The maximum Gasteiger partial charge on any atom is 0.332 e. The number of carbonyl (C=O) groups is 1. The number of anilines is 1. The number of nitrogens with two attached hydrogens (primary N) is 1. The fraction of sp³-hybridized carbons (Fsp3) is 0.417. The van der Waals surface area contributed by atoms with Gasteiger partial charge in [0.1, 0.15) is 0 Å². The molecule has 98 valence electrons. The van der Waals surface area contributed by atoms with E-state index in [9.17, 15) is 4.79 Å². The first-order valence-electron chi connectivity index (χ1n) is 5.62. The van der Waals surface area contributed by atoms with Crippen molar-refractivity contribution >= 4 is 35.0 Å². The Balaban J connectivity index is 1.87. The van der Waals surface area contributed by atoms with Crippen LogP contribution in [0.15, 0.2) is 23.1 Å². The van der Waals surface area contributed by atoms with E-state index < -0.39 is 12.1 Å². The summed E-state index contributed by atoms with van der Waals surface area (Å²) in [4.78, 5) is 11.7. The number of ether oxygens (including phenoxy) is 1. The van der Waals surface area contributed by atoms with E-state index in [1.807, 2.05) is 6.07 Å². The van der Waals surface area contributed by atoms with Gasteiger partial charge in [0.15, 0.2) is 6.10 Å². The summed E-state index contributed by atoms with van der Waals surface area (Å²) in [5, 5.41) is 9.44. The summed E-state index contributed by atoms with van der Waals surface area (Å²) >= 11 is 7.62. The number of rotatable bonds is 4. The highest BCUT2D eigenvalue weighted by Gasteiger charge is 2.30. The number of carboxylic acid groups (broad SMARTS) is 1. The molecule has 0 amide bonds. The lowest BCUT2D eigenvalue weighted by Crippen LogP contribution is -2.21. The first kappa shape index (κ1) is 13.5. The Bertz CT molecular complexity index is 455. The second kappa shape index (κ2) is 5.82. The fourth-order valence-electron chi connectivity index (χ4n) is 1.83. The van der Waals surface area contributed by atoms with Crippen LogP contribution in [0.2, 0.25) is 5.02 Å². The first-order valence-corrected chi connectivity index (χ1v) is 6.98. The first-order chi connectivity index (χ1) is 8.56. The van der Waals surface area contributed by atoms with Gasteiger partial charge < -0.3 is 15.6 Å². The lowest BCUT2D eigenvalue weighted by molar-refractivity contribution is -0.148. The van der Waals surface area contributed by atoms with Crippen LogP contribution in [0.3, 0.4) is 0 Å². The van der Waals surface area contributed by atoms with E-state index in [1.165, 1.54) is 0 Å².